The summed E-state index contributed by atoms with van der Waals surface area (Å²) in [6, 6.07) is 11.5. The number of benzene rings is 2. The molecule has 0 aliphatic carbocycles. The van der Waals surface area contributed by atoms with Crippen molar-refractivity contribution in [2.75, 3.05) is 32.8 Å². The predicted octanol–water partition coefficient (Wildman–Crippen LogP) is 3.22. The number of imide groups is 1. The molecule has 1 atom stereocenters. The fraction of sp³-hybridized carbons (Fsp3) is 0.400. The molecular formula is C25H30N2O6. The van der Waals surface area contributed by atoms with Crippen molar-refractivity contribution in [3.63, 3.8) is 0 Å². The molecule has 2 aromatic rings. The molecule has 1 saturated heterocycles. The smallest absolute Gasteiger partial charge is 0.257 e. The van der Waals surface area contributed by atoms with Gasteiger partial charge in [-0.05, 0) is 54.8 Å². The Morgan fingerprint density at radius 2 is 1.70 bits per heavy atom. The maximum absolute atomic E-state index is 13.3. The standard InChI is InChI=1S/C25H30N2O6/c1-5-6-23(28)26(14-13-17-7-12-21(32-3)22(15-17)33-4)20-16-24(29)27(25(20)30)18-8-10-19(31-2)11-9-18/h7-12,15,20H,5-6,13-14,16H2,1-4H3. The number of carbonyl (C=O) groups is 3. The lowest BCUT2D eigenvalue weighted by Crippen LogP contribution is -2.46. The highest BCUT2D eigenvalue weighted by atomic mass is 16.5. The normalized spacial score (nSPS) is 15.5. The van der Waals surface area contributed by atoms with Crippen LogP contribution in [0.1, 0.15) is 31.7 Å². The van der Waals surface area contributed by atoms with Gasteiger partial charge in [-0.3, -0.25) is 14.4 Å². The van der Waals surface area contributed by atoms with Crippen LogP contribution in [0.5, 0.6) is 17.2 Å². The van der Waals surface area contributed by atoms with Crippen LogP contribution in [0.4, 0.5) is 5.69 Å². The van der Waals surface area contributed by atoms with Crippen molar-refractivity contribution < 1.29 is 28.6 Å². The average molecular weight is 455 g/mol. The zero-order valence-electron chi connectivity index (χ0n) is 19.5. The summed E-state index contributed by atoms with van der Waals surface area (Å²) in [5, 5.41) is 0. The molecular weight excluding hydrogens is 424 g/mol. The van der Waals surface area contributed by atoms with Gasteiger partial charge in [-0.15, -0.1) is 0 Å². The number of carbonyl (C=O) groups excluding carboxylic acids is 3. The third-order valence-corrected chi connectivity index (χ3v) is 5.70. The predicted molar refractivity (Wildman–Crippen MR) is 124 cm³/mol. The average Bonchev–Trinajstić information content (AvgIpc) is 3.12. The summed E-state index contributed by atoms with van der Waals surface area (Å²) in [5.74, 6) is 0.994. The van der Waals surface area contributed by atoms with Gasteiger partial charge in [0.15, 0.2) is 11.5 Å². The maximum Gasteiger partial charge on any atom is 0.257 e. The number of methoxy groups -OCH3 is 3. The van der Waals surface area contributed by atoms with Crippen LogP contribution in [0, 0.1) is 0 Å². The molecule has 0 saturated carbocycles. The first-order chi connectivity index (χ1) is 15.9. The lowest BCUT2D eigenvalue weighted by Gasteiger charge is -2.28. The van der Waals surface area contributed by atoms with Gasteiger partial charge in [-0.2, -0.15) is 0 Å². The molecule has 1 aliphatic heterocycles. The van der Waals surface area contributed by atoms with Gasteiger partial charge >= 0.3 is 0 Å². The highest BCUT2D eigenvalue weighted by Crippen LogP contribution is 2.30. The van der Waals surface area contributed by atoms with Gasteiger partial charge in [0.2, 0.25) is 11.8 Å². The lowest BCUT2D eigenvalue weighted by atomic mass is 10.1. The van der Waals surface area contributed by atoms with Crippen molar-refractivity contribution in [3.8, 4) is 17.2 Å². The number of rotatable bonds is 10. The first-order valence-corrected chi connectivity index (χ1v) is 10.9. The topological polar surface area (TPSA) is 85.4 Å². The number of anilines is 1. The Kier molecular flexibility index (Phi) is 7.92. The molecule has 0 radical (unpaired) electrons. The summed E-state index contributed by atoms with van der Waals surface area (Å²) in [6.45, 7) is 2.23. The second kappa shape index (κ2) is 10.8. The van der Waals surface area contributed by atoms with E-state index in [2.05, 4.69) is 0 Å². The molecule has 0 spiro atoms. The van der Waals surface area contributed by atoms with E-state index in [1.54, 1.807) is 50.5 Å². The molecule has 0 aromatic heterocycles. The van der Waals surface area contributed by atoms with E-state index in [0.717, 1.165) is 10.5 Å². The lowest BCUT2D eigenvalue weighted by molar-refractivity contribution is -0.138. The van der Waals surface area contributed by atoms with Gasteiger partial charge in [0.1, 0.15) is 11.8 Å². The molecule has 3 rings (SSSR count). The molecule has 3 amide bonds. The monoisotopic (exact) mass is 454 g/mol. The van der Waals surface area contributed by atoms with Crippen molar-refractivity contribution >= 4 is 23.4 Å². The van der Waals surface area contributed by atoms with Crippen molar-refractivity contribution in [2.45, 2.75) is 38.6 Å². The van der Waals surface area contributed by atoms with E-state index in [1.807, 2.05) is 25.1 Å². The molecule has 8 nitrogen and oxygen atoms in total. The second-order valence-corrected chi connectivity index (χ2v) is 7.76. The molecule has 1 aliphatic rings. The van der Waals surface area contributed by atoms with Crippen molar-refractivity contribution in [2.24, 2.45) is 0 Å². The Hall–Kier alpha value is -3.55. The summed E-state index contributed by atoms with van der Waals surface area (Å²) in [7, 11) is 4.68. The van der Waals surface area contributed by atoms with E-state index in [0.29, 0.717) is 48.7 Å². The largest absolute Gasteiger partial charge is 0.497 e. The zero-order chi connectivity index (χ0) is 24.0. The van der Waals surface area contributed by atoms with E-state index in [1.165, 1.54) is 0 Å². The Balaban J connectivity index is 1.81. The SMILES string of the molecule is CCCC(=O)N(CCc1ccc(OC)c(OC)c1)C1CC(=O)N(c2ccc(OC)cc2)C1=O. The highest BCUT2D eigenvalue weighted by Gasteiger charge is 2.44. The number of nitrogens with zero attached hydrogens (tertiary/aromatic N) is 2. The van der Waals surface area contributed by atoms with Crippen LogP contribution in [-0.4, -0.2) is 56.5 Å². The van der Waals surface area contributed by atoms with Crippen molar-refractivity contribution in [1.29, 1.82) is 0 Å². The third kappa shape index (κ3) is 5.27. The zero-order valence-corrected chi connectivity index (χ0v) is 19.5. The molecule has 1 unspecified atom stereocenters. The summed E-state index contributed by atoms with van der Waals surface area (Å²) in [4.78, 5) is 41.7. The van der Waals surface area contributed by atoms with E-state index >= 15 is 0 Å². The summed E-state index contributed by atoms with van der Waals surface area (Å²) < 4.78 is 15.8. The van der Waals surface area contributed by atoms with Crippen LogP contribution in [0.3, 0.4) is 0 Å². The Morgan fingerprint density at radius 1 is 1.00 bits per heavy atom. The fourth-order valence-corrected chi connectivity index (χ4v) is 3.96. The maximum atomic E-state index is 13.3. The van der Waals surface area contributed by atoms with Crippen LogP contribution >= 0.6 is 0 Å². The van der Waals surface area contributed by atoms with E-state index in [9.17, 15) is 14.4 Å². The van der Waals surface area contributed by atoms with E-state index < -0.39 is 6.04 Å². The summed E-state index contributed by atoms with van der Waals surface area (Å²) >= 11 is 0. The van der Waals surface area contributed by atoms with E-state index in [-0.39, 0.29) is 24.1 Å². The minimum Gasteiger partial charge on any atom is -0.497 e. The van der Waals surface area contributed by atoms with Gasteiger partial charge in [-0.25, -0.2) is 4.90 Å². The van der Waals surface area contributed by atoms with Crippen LogP contribution < -0.4 is 19.1 Å². The number of amides is 3. The van der Waals surface area contributed by atoms with Crippen molar-refractivity contribution in [3.05, 3.63) is 48.0 Å². The molecule has 2 aromatic carbocycles. The third-order valence-electron chi connectivity index (χ3n) is 5.70. The molecule has 176 valence electrons. The molecule has 8 heteroatoms. The van der Waals surface area contributed by atoms with Gasteiger partial charge in [0, 0.05) is 13.0 Å². The summed E-state index contributed by atoms with van der Waals surface area (Å²) in [5.41, 5.74) is 1.40. The quantitative estimate of drug-likeness (QED) is 0.513. The second-order valence-electron chi connectivity index (χ2n) is 7.76. The van der Waals surface area contributed by atoms with E-state index in [4.69, 9.17) is 14.2 Å². The van der Waals surface area contributed by atoms with Crippen LogP contribution in [0.15, 0.2) is 42.5 Å². The first kappa shape index (κ1) is 24.1. The van der Waals surface area contributed by atoms with Crippen LogP contribution in [-0.2, 0) is 20.8 Å². The van der Waals surface area contributed by atoms with Gasteiger partial charge in [0.25, 0.3) is 5.91 Å². The van der Waals surface area contributed by atoms with Gasteiger partial charge in [0.05, 0.1) is 33.4 Å². The Labute approximate surface area is 194 Å². The molecule has 0 bridgehead atoms. The van der Waals surface area contributed by atoms with Crippen LogP contribution in [0.25, 0.3) is 0 Å². The number of hydrogen-bond acceptors (Lipinski definition) is 6. The number of hydrogen-bond donors (Lipinski definition) is 0. The molecule has 0 N–H and O–H groups in total. The minimum absolute atomic E-state index is 0.0355. The molecule has 1 heterocycles. The van der Waals surface area contributed by atoms with Crippen molar-refractivity contribution in [1.82, 2.24) is 4.90 Å². The molecule has 1 fully saturated rings. The fourth-order valence-electron chi connectivity index (χ4n) is 3.96. The van der Waals surface area contributed by atoms with Gasteiger partial charge in [-0.1, -0.05) is 13.0 Å². The Morgan fingerprint density at radius 3 is 2.30 bits per heavy atom. The summed E-state index contributed by atoms with van der Waals surface area (Å²) in [6.07, 6.45) is 1.44. The Bertz CT molecular complexity index is 1000. The minimum atomic E-state index is -0.821. The highest BCUT2D eigenvalue weighted by molar-refractivity contribution is 6.23. The van der Waals surface area contributed by atoms with Gasteiger partial charge < -0.3 is 19.1 Å². The molecule has 33 heavy (non-hydrogen) atoms. The first-order valence-electron chi connectivity index (χ1n) is 10.9. The van der Waals surface area contributed by atoms with Crippen LogP contribution in [0.2, 0.25) is 0 Å². The number of ether oxygens (including phenoxy) is 3.